The van der Waals surface area contributed by atoms with Gasteiger partial charge in [-0.2, -0.15) is 0 Å². The number of hydrogen-bond acceptors (Lipinski definition) is 1. The highest BCUT2D eigenvalue weighted by molar-refractivity contribution is 7.60. The topological polar surface area (TPSA) is 57.5 Å². The Hall–Kier alpha value is -1.55. The van der Waals surface area contributed by atoms with Crippen LogP contribution in [0.4, 0.5) is 8.78 Å². The van der Waals surface area contributed by atoms with E-state index in [9.17, 15) is 13.3 Å². The second-order valence-electron chi connectivity index (χ2n) is 4.06. The Labute approximate surface area is 108 Å². The van der Waals surface area contributed by atoms with Crippen molar-refractivity contribution in [1.82, 2.24) is 0 Å². The third kappa shape index (κ3) is 3.07. The maximum absolute atomic E-state index is 14.0. The van der Waals surface area contributed by atoms with Gasteiger partial charge in [0.25, 0.3) is 0 Å². The van der Waals surface area contributed by atoms with Crippen molar-refractivity contribution in [3.63, 3.8) is 0 Å². The second kappa shape index (κ2) is 5.21. The average molecular weight is 284 g/mol. The van der Waals surface area contributed by atoms with Crippen LogP contribution in [0.2, 0.25) is 0 Å². The molecule has 0 bridgehead atoms. The van der Waals surface area contributed by atoms with Crippen molar-refractivity contribution < 1.29 is 23.1 Å². The minimum absolute atomic E-state index is 0.0472. The Balaban J connectivity index is 2.43. The molecule has 0 aromatic heterocycles. The van der Waals surface area contributed by atoms with Gasteiger partial charge >= 0.3 is 7.60 Å². The van der Waals surface area contributed by atoms with Crippen molar-refractivity contribution in [2.75, 3.05) is 0 Å². The molecule has 19 heavy (non-hydrogen) atoms. The molecule has 2 N–H and O–H groups in total. The van der Waals surface area contributed by atoms with Crippen molar-refractivity contribution in [3.05, 3.63) is 65.2 Å². The van der Waals surface area contributed by atoms with E-state index in [0.717, 1.165) is 6.07 Å². The lowest BCUT2D eigenvalue weighted by Crippen LogP contribution is -2.12. The molecule has 0 aliphatic carbocycles. The lowest BCUT2D eigenvalue weighted by atomic mass is 10.0. The maximum Gasteiger partial charge on any atom is 0.359 e. The summed E-state index contributed by atoms with van der Waals surface area (Å²) in [6, 6.07) is 9.62. The molecular formula is C13H11F2O3P. The van der Waals surface area contributed by atoms with Crippen molar-refractivity contribution in [2.24, 2.45) is 0 Å². The van der Waals surface area contributed by atoms with Crippen LogP contribution in [0.5, 0.6) is 0 Å². The van der Waals surface area contributed by atoms with Crippen molar-refractivity contribution in [1.29, 1.82) is 0 Å². The Morgan fingerprint density at radius 3 is 2.21 bits per heavy atom. The molecule has 2 aromatic rings. The zero-order valence-electron chi connectivity index (χ0n) is 9.75. The monoisotopic (exact) mass is 284 g/mol. The van der Waals surface area contributed by atoms with Gasteiger partial charge in [-0.3, -0.25) is 4.57 Å². The first-order valence-electron chi connectivity index (χ1n) is 5.46. The number of benzene rings is 2. The molecule has 0 radical (unpaired) electrons. The van der Waals surface area contributed by atoms with Crippen LogP contribution in [-0.4, -0.2) is 9.79 Å². The van der Waals surface area contributed by atoms with E-state index in [-0.39, 0.29) is 17.5 Å². The zero-order valence-corrected chi connectivity index (χ0v) is 10.6. The van der Waals surface area contributed by atoms with Gasteiger partial charge in [-0.25, -0.2) is 8.78 Å². The van der Waals surface area contributed by atoms with Crippen LogP contribution in [0, 0.1) is 11.6 Å². The standard InChI is InChI=1S/C13H11F2O3P/c14-11-6-2-1-4-9(11)8-10-5-3-7-12(13(10)15)19(16,17)18/h1-7H,8H2,(H2,16,17,18). The van der Waals surface area contributed by atoms with Gasteiger partial charge in [0.1, 0.15) is 11.6 Å². The summed E-state index contributed by atoms with van der Waals surface area (Å²) < 4.78 is 38.5. The minimum atomic E-state index is -4.67. The highest BCUT2D eigenvalue weighted by Gasteiger charge is 2.23. The predicted octanol–water partition coefficient (Wildman–Crippen LogP) is 2.36. The third-order valence-electron chi connectivity index (χ3n) is 2.71. The smallest absolute Gasteiger partial charge is 0.321 e. The van der Waals surface area contributed by atoms with E-state index >= 15 is 0 Å². The predicted molar refractivity (Wildman–Crippen MR) is 67.3 cm³/mol. The first kappa shape index (κ1) is 13.9. The van der Waals surface area contributed by atoms with Crippen LogP contribution in [0.25, 0.3) is 0 Å². The summed E-state index contributed by atoms with van der Waals surface area (Å²) in [6.07, 6.45) is -0.0631. The first-order chi connectivity index (χ1) is 8.89. The minimum Gasteiger partial charge on any atom is -0.321 e. The zero-order chi connectivity index (χ0) is 14.0. The summed E-state index contributed by atoms with van der Waals surface area (Å²) in [4.78, 5) is 18.0. The molecule has 0 atom stereocenters. The van der Waals surface area contributed by atoms with Crippen LogP contribution in [0.1, 0.15) is 11.1 Å². The van der Waals surface area contributed by atoms with Gasteiger partial charge in [-0.1, -0.05) is 30.3 Å². The lowest BCUT2D eigenvalue weighted by molar-refractivity contribution is 0.385. The van der Waals surface area contributed by atoms with Crippen LogP contribution in [0.15, 0.2) is 42.5 Å². The number of hydrogen-bond donors (Lipinski definition) is 2. The molecule has 2 aromatic carbocycles. The molecule has 6 heteroatoms. The fourth-order valence-corrected chi connectivity index (χ4v) is 2.45. The van der Waals surface area contributed by atoms with Crippen LogP contribution >= 0.6 is 7.60 Å². The van der Waals surface area contributed by atoms with Crippen LogP contribution in [-0.2, 0) is 11.0 Å². The molecular weight excluding hydrogens is 273 g/mol. The van der Waals surface area contributed by atoms with E-state index in [1.807, 2.05) is 0 Å². The summed E-state index contributed by atoms with van der Waals surface area (Å²) in [6.45, 7) is 0. The van der Waals surface area contributed by atoms with Gasteiger partial charge in [0.05, 0.1) is 5.30 Å². The highest BCUT2D eigenvalue weighted by atomic mass is 31.2. The molecule has 100 valence electrons. The average Bonchev–Trinajstić information content (AvgIpc) is 2.33. The van der Waals surface area contributed by atoms with E-state index in [0.29, 0.717) is 0 Å². The summed E-state index contributed by atoms with van der Waals surface area (Å²) in [5, 5.41) is -0.665. The summed E-state index contributed by atoms with van der Waals surface area (Å²) in [5.41, 5.74) is 0.315. The van der Waals surface area contributed by atoms with Crippen molar-refractivity contribution in [2.45, 2.75) is 6.42 Å². The van der Waals surface area contributed by atoms with Crippen molar-refractivity contribution >= 4 is 12.9 Å². The van der Waals surface area contributed by atoms with Gasteiger partial charge in [0.2, 0.25) is 0 Å². The van der Waals surface area contributed by atoms with E-state index in [1.165, 1.54) is 30.3 Å². The summed E-state index contributed by atoms with van der Waals surface area (Å²) in [7, 11) is -4.67. The van der Waals surface area contributed by atoms with E-state index < -0.39 is 24.5 Å². The molecule has 0 aliphatic rings. The molecule has 0 spiro atoms. The molecule has 2 rings (SSSR count). The molecule has 3 nitrogen and oxygen atoms in total. The van der Waals surface area contributed by atoms with Crippen LogP contribution < -0.4 is 5.30 Å². The molecule has 0 saturated carbocycles. The quantitative estimate of drug-likeness (QED) is 0.851. The summed E-state index contributed by atoms with van der Waals surface area (Å²) >= 11 is 0. The van der Waals surface area contributed by atoms with E-state index in [2.05, 4.69) is 0 Å². The highest BCUT2D eigenvalue weighted by Crippen LogP contribution is 2.35. The SMILES string of the molecule is O=P(O)(O)c1cccc(Cc2ccccc2F)c1F. The Morgan fingerprint density at radius 2 is 1.58 bits per heavy atom. The van der Waals surface area contributed by atoms with Crippen molar-refractivity contribution in [3.8, 4) is 0 Å². The maximum atomic E-state index is 14.0. The lowest BCUT2D eigenvalue weighted by Gasteiger charge is -2.10. The van der Waals surface area contributed by atoms with Crippen LogP contribution in [0.3, 0.4) is 0 Å². The van der Waals surface area contributed by atoms with Gasteiger partial charge in [-0.15, -0.1) is 0 Å². The molecule has 0 heterocycles. The molecule has 0 amide bonds. The Morgan fingerprint density at radius 1 is 0.947 bits per heavy atom. The largest absolute Gasteiger partial charge is 0.359 e. The molecule has 0 saturated heterocycles. The van der Waals surface area contributed by atoms with Gasteiger partial charge < -0.3 is 9.79 Å². The fourth-order valence-electron chi connectivity index (χ4n) is 1.77. The fraction of sp³-hybridized carbons (Fsp3) is 0.0769. The van der Waals surface area contributed by atoms with E-state index in [4.69, 9.17) is 9.79 Å². The normalized spacial score (nSPS) is 11.6. The summed E-state index contributed by atoms with van der Waals surface area (Å²) in [5.74, 6) is -1.47. The number of halogens is 2. The van der Waals surface area contributed by atoms with Gasteiger partial charge in [-0.05, 0) is 23.3 Å². The Bertz CT molecular complexity index is 652. The Kier molecular flexibility index (Phi) is 3.80. The molecule has 0 unspecified atom stereocenters. The second-order valence-corrected chi connectivity index (χ2v) is 5.63. The first-order valence-corrected chi connectivity index (χ1v) is 7.07. The van der Waals surface area contributed by atoms with Gasteiger partial charge in [0.15, 0.2) is 0 Å². The third-order valence-corrected chi connectivity index (χ3v) is 3.68. The molecule has 0 fully saturated rings. The number of rotatable bonds is 3. The van der Waals surface area contributed by atoms with E-state index in [1.54, 1.807) is 6.07 Å². The van der Waals surface area contributed by atoms with Gasteiger partial charge in [0, 0.05) is 6.42 Å². The molecule has 0 aliphatic heterocycles.